The summed E-state index contributed by atoms with van der Waals surface area (Å²) in [5.74, 6) is 0. The molecule has 2 radical (unpaired) electrons. The van der Waals surface area contributed by atoms with Crippen LogP contribution in [-0.2, 0) is 35.4 Å². The maximum absolute atomic E-state index is 5.77. The van der Waals surface area contributed by atoms with E-state index in [-0.39, 0.29) is 9.28 Å². The van der Waals surface area contributed by atoms with Crippen molar-refractivity contribution in [2.24, 2.45) is 0 Å². The third-order valence-corrected chi connectivity index (χ3v) is 34.1. The monoisotopic (exact) mass is 360 g/mol. The number of rotatable bonds is 11. The van der Waals surface area contributed by atoms with Crippen LogP contribution in [0.25, 0.3) is 0 Å². The van der Waals surface area contributed by atoms with E-state index in [2.05, 4.69) is 0 Å². The Bertz CT molecular complexity index is 261. The van der Waals surface area contributed by atoms with Crippen molar-refractivity contribution in [3.63, 3.8) is 0 Å². The molecule has 0 bridgehead atoms. The van der Waals surface area contributed by atoms with Crippen LogP contribution in [0.15, 0.2) is 0 Å². The molecule has 0 fully saturated rings. The van der Waals surface area contributed by atoms with Crippen LogP contribution in [0.3, 0.4) is 0 Å². The molecule has 0 saturated carbocycles. The minimum Gasteiger partial charge on any atom is -0.419 e. The van der Waals surface area contributed by atoms with Crippen molar-refractivity contribution in [2.45, 2.75) is 0 Å². The standard InChI is InChI=1S/C8H24O8Si4/c1-9-17-19(13-5,14-6)20(15-7,16-8)18(10-2,11-3)12-4/h1-8H3. The van der Waals surface area contributed by atoms with Gasteiger partial charge >= 0.3 is 23.5 Å². The molecule has 12 heteroatoms. The molecular weight excluding hydrogens is 336 g/mol. The van der Waals surface area contributed by atoms with E-state index in [1.165, 1.54) is 35.5 Å². The quantitative estimate of drug-likeness (QED) is 0.446. The van der Waals surface area contributed by atoms with Crippen LogP contribution in [0.2, 0.25) is 0 Å². The van der Waals surface area contributed by atoms with E-state index < -0.39 is 23.5 Å². The topological polar surface area (TPSA) is 73.8 Å². The maximum atomic E-state index is 5.77. The van der Waals surface area contributed by atoms with Gasteiger partial charge in [0, 0.05) is 56.9 Å². The molecule has 8 nitrogen and oxygen atoms in total. The summed E-state index contributed by atoms with van der Waals surface area (Å²) in [6.45, 7) is 0. The number of hydrogen-bond donors (Lipinski definition) is 0. The van der Waals surface area contributed by atoms with E-state index in [9.17, 15) is 0 Å². The Morgan fingerprint density at radius 2 is 0.950 bits per heavy atom. The molecule has 0 atom stereocenters. The van der Waals surface area contributed by atoms with Crippen molar-refractivity contribution in [1.82, 2.24) is 0 Å². The molecular formula is C8H24O8Si4. The van der Waals surface area contributed by atoms with E-state index >= 15 is 0 Å². The predicted molar refractivity (Wildman–Crippen MR) is 79.1 cm³/mol. The third kappa shape index (κ3) is 3.01. The van der Waals surface area contributed by atoms with Gasteiger partial charge in [0.1, 0.15) is 0 Å². The summed E-state index contributed by atoms with van der Waals surface area (Å²) in [6.07, 6.45) is 0. The van der Waals surface area contributed by atoms with Gasteiger partial charge in [0.15, 0.2) is 0 Å². The fraction of sp³-hybridized carbons (Fsp3) is 1.00. The molecule has 0 aromatic rings. The van der Waals surface area contributed by atoms with Crippen LogP contribution in [0, 0.1) is 0 Å². The van der Waals surface area contributed by atoms with Crippen LogP contribution in [0.4, 0.5) is 0 Å². The van der Waals surface area contributed by atoms with Crippen molar-refractivity contribution < 1.29 is 35.4 Å². The van der Waals surface area contributed by atoms with E-state index in [1.807, 2.05) is 0 Å². The van der Waals surface area contributed by atoms with Gasteiger partial charge < -0.3 is 35.4 Å². The second-order valence-corrected chi connectivity index (χ2v) is 23.9. The van der Waals surface area contributed by atoms with Crippen molar-refractivity contribution in [3.8, 4) is 0 Å². The average molecular weight is 361 g/mol. The molecule has 0 saturated heterocycles. The smallest absolute Gasteiger partial charge is 0.419 e. The zero-order chi connectivity index (χ0) is 15.9. The Labute approximate surface area is 125 Å². The Kier molecular flexibility index (Phi) is 9.10. The third-order valence-electron chi connectivity index (χ3n) is 3.03. The second kappa shape index (κ2) is 8.86. The lowest BCUT2D eigenvalue weighted by Gasteiger charge is -2.45. The van der Waals surface area contributed by atoms with Crippen molar-refractivity contribution in [2.75, 3.05) is 56.9 Å². The van der Waals surface area contributed by atoms with Gasteiger partial charge in [-0.1, -0.05) is 0 Å². The van der Waals surface area contributed by atoms with Gasteiger partial charge in [-0.3, -0.25) is 0 Å². The first-order chi connectivity index (χ1) is 9.49. The largest absolute Gasteiger partial charge is 0.540 e. The van der Waals surface area contributed by atoms with Crippen molar-refractivity contribution in [3.05, 3.63) is 0 Å². The first-order valence-electron chi connectivity index (χ1n) is 5.65. The minimum absolute atomic E-state index is 0.0752. The molecule has 120 valence electrons. The van der Waals surface area contributed by atoms with Crippen LogP contribution in [0.5, 0.6) is 0 Å². The molecule has 20 heavy (non-hydrogen) atoms. The Balaban J connectivity index is 6.13. The highest BCUT2D eigenvalue weighted by Crippen LogP contribution is 2.32. The fourth-order valence-corrected chi connectivity index (χ4v) is 34.0. The summed E-state index contributed by atoms with van der Waals surface area (Å²) in [5, 5.41) is 0. The van der Waals surface area contributed by atoms with Crippen LogP contribution >= 0.6 is 0 Å². The van der Waals surface area contributed by atoms with Crippen LogP contribution in [-0.4, -0.2) is 89.7 Å². The lowest BCUT2D eigenvalue weighted by atomic mass is 11.8. The normalized spacial score (nSPS) is 13.8. The molecule has 0 unspecified atom stereocenters. The maximum Gasteiger partial charge on any atom is 0.540 e. The predicted octanol–water partition coefficient (Wildman–Crippen LogP) is -0.746. The molecule has 0 heterocycles. The molecule has 0 amide bonds. The zero-order valence-corrected chi connectivity index (χ0v) is 17.3. The van der Waals surface area contributed by atoms with Gasteiger partial charge in [-0.2, -0.15) is 0 Å². The highest BCUT2D eigenvalue weighted by molar-refractivity contribution is 7.69. The lowest BCUT2D eigenvalue weighted by Crippen LogP contribution is -2.86. The van der Waals surface area contributed by atoms with E-state index in [0.29, 0.717) is 0 Å². The van der Waals surface area contributed by atoms with Crippen LogP contribution in [0.1, 0.15) is 0 Å². The van der Waals surface area contributed by atoms with Gasteiger partial charge in [-0.15, -0.1) is 0 Å². The van der Waals surface area contributed by atoms with E-state index in [4.69, 9.17) is 35.4 Å². The minimum atomic E-state index is -3.28. The summed E-state index contributed by atoms with van der Waals surface area (Å²) in [4.78, 5) is 0. The second-order valence-electron chi connectivity index (χ2n) is 3.52. The first kappa shape index (κ1) is 20.5. The summed E-state index contributed by atoms with van der Waals surface area (Å²) >= 11 is 0. The molecule has 0 spiro atoms. The van der Waals surface area contributed by atoms with Gasteiger partial charge in [0.05, 0.1) is 0 Å². The lowest BCUT2D eigenvalue weighted by molar-refractivity contribution is 0.115. The first-order valence-corrected chi connectivity index (χ1v) is 14.9. The summed E-state index contributed by atoms with van der Waals surface area (Å²) in [5.41, 5.74) is 0. The molecule has 0 N–H and O–H groups in total. The van der Waals surface area contributed by atoms with Crippen LogP contribution < -0.4 is 0 Å². The Hall–Kier alpha value is 0.548. The molecule has 0 aliphatic heterocycles. The van der Waals surface area contributed by atoms with Gasteiger partial charge in [-0.25, -0.2) is 0 Å². The Morgan fingerprint density at radius 1 is 0.550 bits per heavy atom. The molecule has 0 rings (SSSR count). The molecule has 0 aromatic heterocycles. The number of hydrogen-bond acceptors (Lipinski definition) is 8. The van der Waals surface area contributed by atoms with E-state index in [1.54, 1.807) is 21.3 Å². The summed E-state index contributed by atoms with van der Waals surface area (Å²) < 4.78 is 44.9. The van der Waals surface area contributed by atoms with Crippen molar-refractivity contribution in [1.29, 1.82) is 0 Å². The average Bonchev–Trinajstić information content (AvgIpc) is 2.51. The summed E-state index contributed by atoms with van der Waals surface area (Å²) in [6, 6.07) is 0. The summed E-state index contributed by atoms with van der Waals surface area (Å²) in [7, 11) is 2.54. The highest BCUT2D eigenvalue weighted by Gasteiger charge is 2.81. The Morgan fingerprint density at radius 3 is 1.15 bits per heavy atom. The highest BCUT2D eigenvalue weighted by atomic mass is 29.9. The molecule has 0 aliphatic carbocycles. The van der Waals surface area contributed by atoms with Crippen molar-refractivity contribution >= 4 is 32.8 Å². The SMILES string of the molecule is CO[Si][Si](OC)(OC)[Si](OC)(OC)[Si](OC)(OC)OC. The molecule has 0 aromatic carbocycles. The zero-order valence-electron chi connectivity index (χ0n) is 13.3. The molecule has 0 aliphatic rings. The van der Waals surface area contributed by atoms with Gasteiger partial charge in [-0.05, 0) is 0 Å². The van der Waals surface area contributed by atoms with Gasteiger partial charge in [0.2, 0.25) is 0 Å². The fourth-order valence-electron chi connectivity index (χ4n) is 2.09. The van der Waals surface area contributed by atoms with Gasteiger partial charge in [0.25, 0.3) is 9.28 Å². The van der Waals surface area contributed by atoms with E-state index in [0.717, 1.165) is 0 Å².